The summed E-state index contributed by atoms with van der Waals surface area (Å²) < 4.78 is 0. The zero-order valence-electron chi connectivity index (χ0n) is 12.9. The summed E-state index contributed by atoms with van der Waals surface area (Å²) in [6.45, 7) is 2.76. The highest BCUT2D eigenvalue weighted by molar-refractivity contribution is 6.33. The Morgan fingerprint density at radius 2 is 1.74 bits per heavy atom. The Labute approximate surface area is 141 Å². The van der Waals surface area contributed by atoms with E-state index in [9.17, 15) is 4.79 Å². The molecule has 0 bridgehead atoms. The molecule has 0 radical (unpaired) electrons. The Balaban J connectivity index is 1.51. The minimum atomic E-state index is -0.262. The van der Waals surface area contributed by atoms with Crippen molar-refractivity contribution in [2.24, 2.45) is 0 Å². The van der Waals surface area contributed by atoms with Gasteiger partial charge < -0.3 is 15.5 Å². The highest BCUT2D eigenvalue weighted by Gasteiger charge is 2.11. The van der Waals surface area contributed by atoms with Crippen LogP contribution in [0.3, 0.4) is 0 Å². The van der Waals surface area contributed by atoms with Crippen molar-refractivity contribution in [1.82, 2.24) is 5.32 Å². The molecule has 1 heterocycles. The zero-order valence-corrected chi connectivity index (χ0v) is 13.6. The van der Waals surface area contributed by atoms with Crippen LogP contribution < -0.4 is 15.5 Å². The average Bonchev–Trinajstić information content (AvgIpc) is 3.10. The predicted octanol–water partition coefficient (Wildman–Crippen LogP) is 4.26. The number of hydrogen-bond acceptors (Lipinski definition) is 2. The number of rotatable bonds is 4. The smallest absolute Gasteiger partial charge is 0.319 e. The van der Waals surface area contributed by atoms with Crippen LogP contribution in [0.5, 0.6) is 0 Å². The summed E-state index contributed by atoms with van der Waals surface area (Å²) in [5.74, 6) is 0. The molecule has 4 nitrogen and oxygen atoms in total. The lowest BCUT2D eigenvalue weighted by atomic mass is 10.2. The van der Waals surface area contributed by atoms with Crippen LogP contribution in [-0.4, -0.2) is 19.1 Å². The molecule has 0 atom stereocenters. The fraction of sp³-hybridized carbons (Fsp3) is 0.278. The molecule has 1 aliphatic heterocycles. The number of urea groups is 1. The second-order valence-electron chi connectivity index (χ2n) is 5.65. The maximum absolute atomic E-state index is 11.9. The molecule has 120 valence electrons. The highest BCUT2D eigenvalue weighted by Crippen LogP contribution is 2.21. The van der Waals surface area contributed by atoms with Crippen molar-refractivity contribution in [3.63, 3.8) is 0 Å². The first-order chi connectivity index (χ1) is 11.2. The van der Waals surface area contributed by atoms with Gasteiger partial charge in [0.25, 0.3) is 0 Å². The van der Waals surface area contributed by atoms with E-state index in [4.69, 9.17) is 11.6 Å². The van der Waals surface area contributed by atoms with Crippen molar-refractivity contribution in [1.29, 1.82) is 0 Å². The van der Waals surface area contributed by atoms with Gasteiger partial charge in [-0.15, -0.1) is 0 Å². The highest BCUT2D eigenvalue weighted by atomic mass is 35.5. The Morgan fingerprint density at radius 1 is 1.04 bits per heavy atom. The van der Waals surface area contributed by atoms with Gasteiger partial charge in [-0.3, -0.25) is 0 Å². The SMILES string of the molecule is O=C(NCc1ccc(N2CCCC2)cc1)Nc1ccccc1Cl. The number of para-hydroxylation sites is 1. The Bertz CT molecular complexity index is 666. The van der Waals surface area contributed by atoms with Gasteiger partial charge >= 0.3 is 6.03 Å². The van der Waals surface area contributed by atoms with Crippen molar-refractivity contribution in [3.8, 4) is 0 Å². The van der Waals surface area contributed by atoms with Gasteiger partial charge in [-0.25, -0.2) is 4.79 Å². The summed E-state index contributed by atoms with van der Waals surface area (Å²) in [5, 5.41) is 6.11. The summed E-state index contributed by atoms with van der Waals surface area (Å²) in [7, 11) is 0. The number of anilines is 2. The molecule has 3 rings (SSSR count). The zero-order chi connectivity index (χ0) is 16.1. The minimum Gasteiger partial charge on any atom is -0.372 e. The molecular weight excluding hydrogens is 310 g/mol. The summed E-state index contributed by atoms with van der Waals surface area (Å²) >= 11 is 6.02. The molecule has 0 saturated carbocycles. The average molecular weight is 330 g/mol. The Morgan fingerprint density at radius 3 is 2.43 bits per heavy atom. The van der Waals surface area contributed by atoms with E-state index in [2.05, 4.69) is 39.8 Å². The van der Waals surface area contributed by atoms with E-state index in [0.717, 1.165) is 18.7 Å². The second kappa shape index (κ2) is 7.38. The molecule has 0 unspecified atom stereocenters. The molecule has 2 aromatic carbocycles. The topological polar surface area (TPSA) is 44.4 Å². The molecule has 2 N–H and O–H groups in total. The third-order valence-corrected chi connectivity index (χ3v) is 4.31. The number of hydrogen-bond donors (Lipinski definition) is 2. The summed E-state index contributed by atoms with van der Waals surface area (Å²) in [6, 6.07) is 15.3. The Hall–Kier alpha value is -2.20. The first kappa shape index (κ1) is 15.7. The van der Waals surface area contributed by atoms with Crippen molar-refractivity contribution >= 4 is 29.0 Å². The second-order valence-corrected chi connectivity index (χ2v) is 6.06. The first-order valence-electron chi connectivity index (χ1n) is 7.85. The van der Waals surface area contributed by atoms with Crippen LogP contribution in [0.25, 0.3) is 0 Å². The molecular formula is C18H20ClN3O. The largest absolute Gasteiger partial charge is 0.372 e. The summed E-state index contributed by atoms with van der Waals surface area (Å²) in [6.07, 6.45) is 2.54. The van der Waals surface area contributed by atoms with Crippen LogP contribution >= 0.6 is 11.6 Å². The minimum absolute atomic E-state index is 0.262. The fourth-order valence-corrected chi connectivity index (χ4v) is 2.89. The number of benzene rings is 2. The monoisotopic (exact) mass is 329 g/mol. The van der Waals surface area contributed by atoms with Crippen LogP contribution in [0.1, 0.15) is 18.4 Å². The lowest BCUT2D eigenvalue weighted by Gasteiger charge is -2.17. The van der Waals surface area contributed by atoms with E-state index < -0.39 is 0 Å². The van der Waals surface area contributed by atoms with E-state index in [1.165, 1.54) is 18.5 Å². The molecule has 23 heavy (non-hydrogen) atoms. The van der Waals surface area contributed by atoms with Crippen molar-refractivity contribution in [3.05, 3.63) is 59.1 Å². The lowest BCUT2D eigenvalue weighted by Crippen LogP contribution is -2.28. The van der Waals surface area contributed by atoms with E-state index in [1.807, 2.05) is 12.1 Å². The van der Waals surface area contributed by atoms with Gasteiger partial charge in [0, 0.05) is 25.3 Å². The van der Waals surface area contributed by atoms with Gasteiger partial charge in [0.2, 0.25) is 0 Å². The van der Waals surface area contributed by atoms with Crippen LogP contribution in [0.15, 0.2) is 48.5 Å². The predicted molar refractivity (Wildman–Crippen MR) is 95.2 cm³/mol. The van der Waals surface area contributed by atoms with E-state index in [1.54, 1.807) is 12.1 Å². The van der Waals surface area contributed by atoms with Crippen molar-refractivity contribution in [2.75, 3.05) is 23.3 Å². The van der Waals surface area contributed by atoms with Gasteiger partial charge in [0.15, 0.2) is 0 Å². The van der Waals surface area contributed by atoms with Gasteiger partial charge in [0.05, 0.1) is 10.7 Å². The molecule has 0 aliphatic carbocycles. The molecule has 1 aliphatic rings. The van der Waals surface area contributed by atoms with Crippen LogP contribution in [0.4, 0.5) is 16.2 Å². The lowest BCUT2D eigenvalue weighted by molar-refractivity contribution is 0.251. The standard InChI is InChI=1S/C18H20ClN3O/c19-16-5-1-2-6-17(16)21-18(23)20-13-14-7-9-15(10-8-14)22-11-3-4-12-22/h1-2,5-10H,3-4,11-13H2,(H2,20,21,23). The number of amides is 2. The first-order valence-corrected chi connectivity index (χ1v) is 8.23. The third-order valence-electron chi connectivity index (χ3n) is 3.98. The van der Waals surface area contributed by atoms with E-state index in [-0.39, 0.29) is 6.03 Å². The van der Waals surface area contributed by atoms with Crippen LogP contribution in [0.2, 0.25) is 5.02 Å². The molecule has 2 amide bonds. The van der Waals surface area contributed by atoms with E-state index in [0.29, 0.717) is 17.3 Å². The van der Waals surface area contributed by atoms with Gasteiger partial charge in [-0.05, 0) is 42.7 Å². The summed E-state index contributed by atoms with van der Waals surface area (Å²) in [4.78, 5) is 14.3. The van der Waals surface area contributed by atoms with Gasteiger partial charge in [0.1, 0.15) is 0 Å². The van der Waals surface area contributed by atoms with Gasteiger partial charge in [-0.1, -0.05) is 35.9 Å². The number of nitrogens with one attached hydrogen (secondary N) is 2. The van der Waals surface area contributed by atoms with Crippen LogP contribution in [-0.2, 0) is 6.54 Å². The number of carbonyl (C=O) groups is 1. The normalized spacial score (nSPS) is 13.9. The molecule has 1 fully saturated rings. The van der Waals surface area contributed by atoms with Crippen molar-refractivity contribution < 1.29 is 4.79 Å². The number of halogens is 1. The number of nitrogens with zero attached hydrogens (tertiary/aromatic N) is 1. The van der Waals surface area contributed by atoms with Gasteiger partial charge in [-0.2, -0.15) is 0 Å². The van der Waals surface area contributed by atoms with E-state index >= 15 is 0 Å². The van der Waals surface area contributed by atoms with Crippen molar-refractivity contribution in [2.45, 2.75) is 19.4 Å². The summed E-state index contributed by atoms with van der Waals surface area (Å²) in [5.41, 5.74) is 2.94. The number of carbonyl (C=O) groups excluding carboxylic acids is 1. The Kier molecular flexibility index (Phi) is 5.03. The third kappa shape index (κ3) is 4.17. The maximum Gasteiger partial charge on any atom is 0.319 e. The quantitative estimate of drug-likeness (QED) is 0.880. The molecule has 0 aromatic heterocycles. The fourth-order valence-electron chi connectivity index (χ4n) is 2.71. The molecule has 1 saturated heterocycles. The maximum atomic E-state index is 11.9. The molecule has 2 aromatic rings. The molecule has 5 heteroatoms. The van der Waals surface area contributed by atoms with Crippen LogP contribution in [0, 0.1) is 0 Å². The molecule has 0 spiro atoms.